The SMILES string of the molecule is CC[C@H](OC(=O)c1cncc(Br)c1)C(=O)Nc1cc(C)on1. The number of hydrogen-bond acceptors (Lipinski definition) is 6. The first-order valence-electron chi connectivity index (χ1n) is 6.55. The van der Waals surface area contributed by atoms with Gasteiger partial charge in [0.1, 0.15) is 5.76 Å². The molecule has 1 atom stereocenters. The van der Waals surface area contributed by atoms with Crippen LogP contribution in [0.5, 0.6) is 0 Å². The second kappa shape index (κ2) is 7.17. The molecule has 0 aliphatic carbocycles. The topological polar surface area (TPSA) is 94.3 Å². The molecule has 2 rings (SSSR count). The van der Waals surface area contributed by atoms with Crippen LogP contribution in [-0.4, -0.2) is 28.1 Å². The number of carbonyl (C=O) groups excluding carboxylic acids is 2. The number of carbonyl (C=O) groups is 2. The van der Waals surface area contributed by atoms with E-state index in [-0.39, 0.29) is 11.4 Å². The van der Waals surface area contributed by atoms with Crippen molar-refractivity contribution in [1.82, 2.24) is 10.1 Å². The Balaban J connectivity index is 2.02. The standard InChI is InChI=1S/C14H14BrN3O4/c1-3-11(13(19)17-12-4-8(2)22-18-12)21-14(20)9-5-10(15)7-16-6-9/h4-7,11H,3H2,1-2H3,(H,17,18,19)/t11-/m0/s1. The number of pyridine rings is 1. The maximum atomic E-state index is 12.1. The molecule has 116 valence electrons. The number of anilines is 1. The van der Waals surface area contributed by atoms with Gasteiger partial charge in [-0.3, -0.25) is 9.78 Å². The summed E-state index contributed by atoms with van der Waals surface area (Å²) in [5.41, 5.74) is 0.262. The molecular weight excluding hydrogens is 354 g/mol. The molecular formula is C14H14BrN3O4. The van der Waals surface area contributed by atoms with Gasteiger partial charge in [0.05, 0.1) is 5.56 Å². The van der Waals surface area contributed by atoms with Crippen LogP contribution in [0, 0.1) is 6.92 Å². The number of esters is 1. The second-order valence-electron chi connectivity index (χ2n) is 4.51. The molecule has 0 saturated heterocycles. The van der Waals surface area contributed by atoms with Crippen molar-refractivity contribution in [2.75, 3.05) is 5.32 Å². The zero-order chi connectivity index (χ0) is 16.1. The summed E-state index contributed by atoms with van der Waals surface area (Å²) in [5, 5.41) is 6.19. The summed E-state index contributed by atoms with van der Waals surface area (Å²) < 4.78 is 10.7. The van der Waals surface area contributed by atoms with E-state index in [9.17, 15) is 9.59 Å². The van der Waals surface area contributed by atoms with Gasteiger partial charge in [-0.2, -0.15) is 0 Å². The Bertz CT molecular complexity index is 686. The third-order valence-electron chi connectivity index (χ3n) is 2.73. The predicted molar refractivity (Wildman–Crippen MR) is 81.3 cm³/mol. The van der Waals surface area contributed by atoms with Gasteiger partial charge in [0, 0.05) is 22.9 Å². The van der Waals surface area contributed by atoms with Crippen LogP contribution in [0.2, 0.25) is 0 Å². The monoisotopic (exact) mass is 367 g/mol. The molecule has 1 N–H and O–H groups in total. The molecule has 0 aliphatic heterocycles. The maximum absolute atomic E-state index is 12.1. The minimum Gasteiger partial charge on any atom is -0.449 e. The average Bonchev–Trinajstić information content (AvgIpc) is 2.89. The summed E-state index contributed by atoms with van der Waals surface area (Å²) in [5.74, 6) is -0.235. The minimum absolute atomic E-state index is 0.262. The smallest absolute Gasteiger partial charge is 0.340 e. The molecule has 0 fully saturated rings. The zero-order valence-corrected chi connectivity index (χ0v) is 13.6. The van der Waals surface area contributed by atoms with E-state index >= 15 is 0 Å². The highest BCUT2D eigenvalue weighted by Crippen LogP contribution is 2.13. The zero-order valence-electron chi connectivity index (χ0n) is 12.0. The van der Waals surface area contributed by atoms with Crippen LogP contribution in [0.15, 0.2) is 33.5 Å². The van der Waals surface area contributed by atoms with Crippen molar-refractivity contribution in [3.05, 3.63) is 40.3 Å². The number of aromatic nitrogens is 2. The first kappa shape index (κ1) is 16.2. The van der Waals surface area contributed by atoms with E-state index in [1.807, 2.05) is 0 Å². The third kappa shape index (κ3) is 4.14. The van der Waals surface area contributed by atoms with Gasteiger partial charge in [0.25, 0.3) is 5.91 Å². The number of amides is 1. The number of hydrogen-bond donors (Lipinski definition) is 1. The number of ether oxygens (including phenoxy) is 1. The molecule has 2 aromatic rings. The molecule has 0 saturated carbocycles. The Hall–Kier alpha value is -2.22. The van der Waals surface area contributed by atoms with Crippen LogP contribution in [0.4, 0.5) is 5.82 Å². The molecule has 0 bridgehead atoms. The minimum atomic E-state index is -0.927. The van der Waals surface area contributed by atoms with Crippen LogP contribution in [-0.2, 0) is 9.53 Å². The van der Waals surface area contributed by atoms with E-state index in [0.29, 0.717) is 16.7 Å². The number of rotatable bonds is 5. The summed E-state index contributed by atoms with van der Waals surface area (Å²) in [6.07, 6.45) is 2.32. The lowest BCUT2D eigenvalue weighted by molar-refractivity contribution is -0.124. The second-order valence-corrected chi connectivity index (χ2v) is 5.42. The van der Waals surface area contributed by atoms with Crippen LogP contribution < -0.4 is 5.32 Å². The molecule has 8 heteroatoms. The Labute approximate surface area is 135 Å². The van der Waals surface area contributed by atoms with Crippen molar-refractivity contribution in [2.24, 2.45) is 0 Å². The number of nitrogens with zero attached hydrogens (tertiary/aromatic N) is 2. The lowest BCUT2D eigenvalue weighted by atomic mass is 10.2. The van der Waals surface area contributed by atoms with E-state index in [0.717, 1.165) is 0 Å². The Morgan fingerprint density at radius 1 is 1.41 bits per heavy atom. The van der Waals surface area contributed by atoms with Gasteiger partial charge in [-0.05, 0) is 35.3 Å². The average molecular weight is 368 g/mol. The quantitative estimate of drug-likeness (QED) is 0.816. The van der Waals surface area contributed by atoms with Crippen molar-refractivity contribution >= 4 is 33.6 Å². The van der Waals surface area contributed by atoms with E-state index in [2.05, 4.69) is 31.4 Å². The lowest BCUT2D eigenvalue weighted by Gasteiger charge is -2.15. The Morgan fingerprint density at radius 2 is 2.18 bits per heavy atom. The van der Waals surface area contributed by atoms with Gasteiger partial charge in [-0.25, -0.2) is 4.79 Å². The van der Waals surface area contributed by atoms with Gasteiger partial charge in [-0.15, -0.1) is 0 Å². The molecule has 1 amide bonds. The van der Waals surface area contributed by atoms with Crippen molar-refractivity contribution in [2.45, 2.75) is 26.4 Å². The fourth-order valence-electron chi connectivity index (χ4n) is 1.68. The molecule has 2 aromatic heterocycles. The summed E-state index contributed by atoms with van der Waals surface area (Å²) in [6, 6.07) is 3.14. The summed E-state index contributed by atoms with van der Waals surface area (Å²) >= 11 is 3.22. The first-order chi connectivity index (χ1) is 10.5. The Kier molecular flexibility index (Phi) is 5.26. The van der Waals surface area contributed by atoms with Crippen LogP contribution in [0.3, 0.4) is 0 Å². The summed E-state index contributed by atoms with van der Waals surface area (Å²) in [7, 11) is 0. The van der Waals surface area contributed by atoms with Gasteiger partial charge in [0.2, 0.25) is 0 Å². The molecule has 0 radical (unpaired) electrons. The first-order valence-corrected chi connectivity index (χ1v) is 7.34. The molecule has 7 nitrogen and oxygen atoms in total. The van der Waals surface area contributed by atoms with Crippen LogP contribution >= 0.6 is 15.9 Å². The van der Waals surface area contributed by atoms with Crippen LogP contribution in [0.1, 0.15) is 29.5 Å². The maximum Gasteiger partial charge on any atom is 0.340 e. The van der Waals surface area contributed by atoms with Crippen molar-refractivity contribution in [3.8, 4) is 0 Å². The molecule has 0 aromatic carbocycles. The van der Waals surface area contributed by atoms with Gasteiger partial charge < -0.3 is 14.6 Å². The van der Waals surface area contributed by atoms with Gasteiger partial charge in [-0.1, -0.05) is 12.1 Å². The van der Waals surface area contributed by atoms with Crippen LogP contribution in [0.25, 0.3) is 0 Å². The Morgan fingerprint density at radius 3 is 2.77 bits per heavy atom. The van der Waals surface area contributed by atoms with E-state index < -0.39 is 18.0 Å². The summed E-state index contributed by atoms with van der Waals surface area (Å²) in [4.78, 5) is 28.0. The number of nitrogens with one attached hydrogen (secondary N) is 1. The van der Waals surface area contributed by atoms with E-state index in [4.69, 9.17) is 9.26 Å². The number of halogens is 1. The highest BCUT2D eigenvalue weighted by atomic mass is 79.9. The van der Waals surface area contributed by atoms with Crippen molar-refractivity contribution < 1.29 is 18.8 Å². The third-order valence-corrected chi connectivity index (χ3v) is 3.17. The van der Waals surface area contributed by atoms with Gasteiger partial charge >= 0.3 is 5.97 Å². The van der Waals surface area contributed by atoms with E-state index in [1.54, 1.807) is 32.2 Å². The van der Waals surface area contributed by atoms with Gasteiger partial charge in [0.15, 0.2) is 11.9 Å². The lowest BCUT2D eigenvalue weighted by Crippen LogP contribution is -2.32. The van der Waals surface area contributed by atoms with Crippen molar-refractivity contribution in [3.63, 3.8) is 0 Å². The predicted octanol–water partition coefficient (Wildman–Crippen LogP) is 2.71. The number of aryl methyl sites for hydroxylation is 1. The van der Waals surface area contributed by atoms with E-state index in [1.165, 1.54) is 6.20 Å². The highest BCUT2D eigenvalue weighted by molar-refractivity contribution is 9.10. The molecule has 22 heavy (non-hydrogen) atoms. The van der Waals surface area contributed by atoms with Crippen molar-refractivity contribution in [1.29, 1.82) is 0 Å². The fourth-order valence-corrected chi connectivity index (χ4v) is 2.04. The molecule has 0 unspecified atom stereocenters. The molecule has 2 heterocycles. The molecule has 0 spiro atoms. The summed E-state index contributed by atoms with van der Waals surface area (Å²) in [6.45, 7) is 3.45. The molecule has 0 aliphatic rings. The highest BCUT2D eigenvalue weighted by Gasteiger charge is 2.23. The normalized spacial score (nSPS) is 11.8. The fraction of sp³-hybridized carbons (Fsp3) is 0.286. The largest absolute Gasteiger partial charge is 0.449 e.